The Morgan fingerprint density at radius 2 is 1.85 bits per heavy atom. The lowest BCUT2D eigenvalue weighted by Gasteiger charge is -2.30. The second-order valence-corrected chi connectivity index (χ2v) is 6.21. The van der Waals surface area contributed by atoms with Gasteiger partial charge in [0.25, 0.3) is 0 Å². The van der Waals surface area contributed by atoms with Crippen molar-refractivity contribution in [2.24, 2.45) is 0 Å². The van der Waals surface area contributed by atoms with Crippen LogP contribution in [-0.2, 0) is 22.6 Å². The van der Waals surface area contributed by atoms with Crippen LogP contribution in [0.3, 0.4) is 0 Å². The summed E-state index contributed by atoms with van der Waals surface area (Å²) >= 11 is 0. The number of benzene rings is 2. The molecule has 0 fully saturated rings. The van der Waals surface area contributed by atoms with Gasteiger partial charge in [-0.1, -0.05) is 31.2 Å². The quantitative estimate of drug-likeness (QED) is 0.775. The molecule has 1 N–H and O–H groups in total. The Hall–Kier alpha value is -2.89. The summed E-state index contributed by atoms with van der Waals surface area (Å²) in [5.74, 6) is -0.0737. The molecule has 0 aliphatic rings. The summed E-state index contributed by atoms with van der Waals surface area (Å²) in [6.07, 6.45) is 0.580. The first kappa shape index (κ1) is 20.4. The van der Waals surface area contributed by atoms with E-state index in [1.165, 1.54) is 12.1 Å². The van der Waals surface area contributed by atoms with E-state index in [4.69, 9.17) is 4.74 Å². The highest BCUT2D eigenvalue weighted by molar-refractivity contribution is 5.88. The first-order chi connectivity index (χ1) is 13.0. The van der Waals surface area contributed by atoms with E-state index in [-0.39, 0.29) is 30.6 Å². The molecule has 0 aliphatic heterocycles. The van der Waals surface area contributed by atoms with Crippen molar-refractivity contribution in [1.82, 2.24) is 10.2 Å². The number of ether oxygens (including phenoxy) is 1. The van der Waals surface area contributed by atoms with Gasteiger partial charge < -0.3 is 15.0 Å². The number of nitrogens with zero attached hydrogens (tertiary/aromatic N) is 1. The molecule has 1 atom stereocenters. The molecule has 0 aromatic heterocycles. The Labute approximate surface area is 159 Å². The maximum atomic E-state index is 13.1. The van der Waals surface area contributed by atoms with Gasteiger partial charge in [0.05, 0.1) is 13.5 Å². The van der Waals surface area contributed by atoms with E-state index in [1.807, 2.05) is 31.2 Å². The van der Waals surface area contributed by atoms with Crippen LogP contribution < -0.4 is 10.1 Å². The molecule has 2 aromatic carbocycles. The zero-order valence-electron chi connectivity index (χ0n) is 15.9. The summed E-state index contributed by atoms with van der Waals surface area (Å²) in [4.78, 5) is 26.9. The Morgan fingerprint density at radius 1 is 1.15 bits per heavy atom. The molecule has 0 aliphatic carbocycles. The third-order valence-corrected chi connectivity index (χ3v) is 4.39. The third kappa shape index (κ3) is 5.54. The molecule has 2 rings (SSSR count). The number of hydrogen-bond acceptors (Lipinski definition) is 3. The minimum Gasteiger partial charge on any atom is -0.497 e. The molecule has 0 heterocycles. The highest BCUT2D eigenvalue weighted by Crippen LogP contribution is 2.18. The molecule has 2 aromatic rings. The second kappa shape index (κ2) is 9.71. The number of amides is 2. The van der Waals surface area contributed by atoms with E-state index in [2.05, 4.69) is 5.32 Å². The lowest BCUT2D eigenvalue weighted by molar-refractivity contribution is -0.140. The van der Waals surface area contributed by atoms with Gasteiger partial charge in [-0.2, -0.15) is 0 Å². The summed E-state index contributed by atoms with van der Waals surface area (Å²) in [5, 5.41) is 2.62. The van der Waals surface area contributed by atoms with Crippen molar-refractivity contribution in [1.29, 1.82) is 0 Å². The molecule has 0 radical (unpaired) electrons. The van der Waals surface area contributed by atoms with Crippen LogP contribution in [0.15, 0.2) is 48.5 Å². The Bertz CT molecular complexity index is 777. The van der Waals surface area contributed by atoms with Gasteiger partial charge in [0, 0.05) is 13.6 Å². The van der Waals surface area contributed by atoms with Crippen molar-refractivity contribution in [2.75, 3.05) is 14.2 Å². The number of carbonyl (C=O) groups is 2. The van der Waals surface area contributed by atoms with Gasteiger partial charge in [0.1, 0.15) is 17.6 Å². The van der Waals surface area contributed by atoms with E-state index in [0.29, 0.717) is 17.7 Å². The predicted octanol–water partition coefficient (Wildman–Crippen LogP) is 2.93. The molecule has 0 bridgehead atoms. The first-order valence-electron chi connectivity index (χ1n) is 8.87. The van der Waals surface area contributed by atoms with Gasteiger partial charge in [-0.3, -0.25) is 9.59 Å². The van der Waals surface area contributed by atoms with Crippen molar-refractivity contribution in [3.05, 3.63) is 65.5 Å². The molecular weight excluding hydrogens is 347 g/mol. The Kier molecular flexibility index (Phi) is 7.34. The van der Waals surface area contributed by atoms with Gasteiger partial charge in [0.15, 0.2) is 0 Å². The molecule has 6 heteroatoms. The Morgan fingerprint density at radius 3 is 2.44 bits per heavy atom. The standard InChI is InChI=1S/C21H25FN2O3/c1-4-19(21(26)23-2)24(14-16-6-5-7-18(12-16)27-3)20(25)13-15-8-10-17(22)11-9-15/h5-12,19H,4,13-14H2,1-3H3,(H,23,26)/t19-/m0/s1. The highest BCUT2D eigenvalue weighted by Gasteiger charge is 2.28. The molecule has 0 spiro atoms. The van der Waals surface area contributed by atoms with E-state index in [0.717, 1.165) is 5.56 Å². The maximum Gasteiger partial charge on any atom is 0.242 e. The van der Waals surface area contributed by atoms with Gasteiger partial charge in [-0.15, -0.1) is 0 Å². The number of methoxy groups -OCH3 is 1. The topological polar surface area (TPSA) is 58.6 Å². The van der Waals surface area contributed by atoms with Crippen LogP contribution in [-0.4, -0.2) is 36.9 Å². The van der Waals surface area contributed by atoms with Crippen molar-refractivity contribution in [3.8, 4) is 5.75 Å². The van der Waals surface area contributed by atoms with E-state index in [1.54, 1.807) is 31.2 Å². The monoisotopic (exact) mass is 372 g/mol. The fourth-order valence-corrected chi connectivity index (χ4v) is 2.93. The van der Waals surface area contributed by atoms with Crippen molar-refractivity contribution < 1.29 is 18.7 Å². The lowest BCUT2D eigenvalue weighted by atomic mass is 10.1. The maximum absolute atomic E-state index is 13.1. The lowest BCUT2D eigenvalue weighted by Crippen LogP contribution is -2.48. The average Bonchev–Trinajstić information content (AvgIpc) is 2.69. The SMILES string of the molecule is CC[C@@H](C(=O)NC)N(Cc1cccc(OC)c1)C(=O)Cc1ccc(F)cc1. The molecular formula is C21H25FN2O3. The van der Waals surface area contributed by atoms with Crippen molar-refractivity contribution in [2.45, 2.75) is 32.4 Å². The molecule has 0 unspecified atom stereocenters. The normalized spacial score (nSPS) is 11.6. The zero-order valence-corrected chi connectivity index (χ0v) is 15.9. The van der Waals surface area contributed by atoms with Crippen molar-refractivity contribution >= 4 is 11.8 Å². The number of rotatable bonds is 8. The van der Waals surface area contributed by atoms with Crippen molar-refractivity contribution in [3.63, 3.8) is 0 Å². The van der Waals surface area contributed by atoms with Crippen LogP contribution in [0.1, 0.15) is 24.5 Å². The second-order valence-electron chi connectivity index (χ2n) is 6.21. The first-order valence-corrected chi connectivity index (χ1v) is 8.87. The van der Waals surface area contributed by atoms with Gasteiger partial charge in [-0.05, 0) is 41.8 Å². The smallest absolute Gasteiger partial charge is 0.242 e. The van der Waals surface area contributed by atoms with Crippen LogP contribution >= 0.6 is 0 Å². The van der Waals surface area contributed by atoms with Crippen LogP contribution in [0.4, 0.5) is 4.39 Å². The number of carbonyl (C=O) groups excluding carboxylic acids is 2. The minimum absolute atomic E-state index is 0.0950. The summed E-state index contributed by atoms with van der Waals surface area (Å²) in [6, 6.07) is 12.6. The number of hydrogen-bond donors (Lipinski definition) is 1. The van der Waals surface area contributed by atoms with Gasteiger partial charge in [-0.25, -0.2) is 4.39 Å². The molecule has 5 nitrogen and oxygen atoms in total. The molecule has 27 heavy (non-hydrogen) atoms. The number of nitrogens with one attached hydrogen (secondary N) is 1. The molecule has 2 amide bonds. The van der Waals surface area contributed by atoms with Crippen LogP contribution in [0, 0.1) is 5.82 Å². The van der Waals surface area contributed by atoms with Crippen LogP contribution in [0.5, 0.6) is 5.75 Å². The average molecular weight is 372 g/mol. The van der Waals surface area contributed by atoms with E-state index >= 15 is 0 Å². The van der Waals surface area contributed by atoms with E-state index in [9.17, 15) is 14.0 Å². The fraction of sp³-hybridized carbons (Fsp3) is 0.333. The minimum atomic E-state index is -0.589. The summed E-state index contributed by atoms with van der Waals surface area (Å²) < 4.78 is 18.4. The molecule has 0 saturated heterocycles. The molecule has 0 saturated carbocycles. The zero-order chi connectivity index (χ0) is 19.8. The van der Waals surface area contributed by atoms with Crippen LogP contribution in [0.25, 0.3) is 0 Å². The van der Waals surface area contributed by atoms with Crippen LogP contribution in [0.2, 0.25) is 0 Å². The summed E-state index contributed by atoms with van der Waals surface area (Å²) in [5.41, 5.74) is 1.56. The molecule has 144 valence electrons. The number of likely N-dealkylation sites (N-methyl/N-ethyl adjacent to an activating group) is 1. The van der Waals surface area contributed by atoms with Gasteiger partial charge >= 0.3 is 0 Å². The highest BCUT2D eigenvalue weighted by atomic mass is 19.1. The third-order valence-electron chi connectivity index (χ3n) is 4.39. The number of halogens is 1. The summed E-state index contributed by atoms with van der Waals surface area (Å²) in [7, 11) is 3.13. The summed E-state index contributed by atoms with van der Waals surface area (Å²) in [6.45, 7) is 2.15. The largest absolute Gasteiger partial charge is 0.497 e. The fourth-order valence-electron chi connectivity index (χ4n) is 2.93. The Balaban J connectivity index is 2.28. The van der Waals surface area contributed by atoms with E-state index < -0.39 is 6.04 Å². The van der Waals surface area contributed by atoms with Gasteiger partial charge in [0.2, 0.25) is 11.8 Å². The predicted molar refractivity (Wildman–Crippen MR) is 102 cm³/mol.